The molecule has 1 aromatic carbocycles. The van der Waals surface area contributed by atoms with Crippen LogP contribution in [0.2, 0.25) is 5.15 Å². The highest BCUT2D eigenvalue weighted by Gasteiger charge is 2.21. The van der Waals surface area contributed by atoms with Crippen LogP contribution in [0.4, 0.5) is 0 Å². The lowest BCUT2D eigenvalue weighted by Crippen LogP contribution is -2.11. The zero-order valence-corrected chi connectivity index (χ0v) is 13.9. The summed E-state index contributed by atoms with van der Waals surface area (Å²) in [4.78, 5) is 8.96. The summed E-state index contributed by atoms with van der Waals surface area (Å²) in [6, 6.07) is 9.87. The second kappa shape index (κ2) is 6.66. The summed E-state index contributed by atoms with van der Waals surface area (Å²) in [6.07, 6.45) is -0.320. The predicted octanol–water partition coefficient (Wildman–Crippen LogP) is 4.75. The first kappa shape index (κ1) is 15.4. The van der Waals surface area contributed by atoms with Gasteiger partial charge in [-0.2, -0.15) is 0 Å². The zero-order chi connectivity index (χ0) is 14.7. The first-order chi connectivity index (χ1) is 9.54. The molecular weight excluding hydrogens is 340 g/mol. The van der Waals surface area contributed by atoms with Gasteiger partial charge >= 0.3 is 0 Å². The minimum atomic E-state index is -0.320. The molecule has 0 bridgehead atoms. The lowest BCUT2D eigenvalue weighted by Gasteiger charge is -2.17. The fourth-order valence-corrected chi connectivity index (χ4v) is 2.79. The molecule has 0 radical (unpaired) electrons. The van der Waals surface area contributed by atoms with Gasteiger partial charge in [0.2, 0.25) is 0 Å². The third-order valence-corrected chi connectivity index (χ3v) is 4.26. The van der Waals surface area contributed by atoms with Gasteiger partial charge in [0.15, 0.2) is 5.82 Å². The predicted molar refractivity (Wildman–Crippen MR) is 84.1 cm³/mol. The Labute approximate surface area is 132 Å². The van der Waals surface area contributed by atoms with Crippen LogP contribution in [-0.2, 0) is 4.74 Å². The Bertz CT molecular complexity index is 590. The lowest BCUT2D eigenvalue weighted by atomic mass is 10.1. The van der Waals surface area contributed by atoms with Gasteiger partial charge in [0, 0.05) is 7.11 Å². The third kappa shape index (κ3) is 3.19. The van der Waals surface area contributed by atoms with Crippen molar-refractivity contribution in [1.82, 2.24) is 9.97 Å². The van der Waals surface area contributed by atoms with Crippen LogP contribution in [0.3, 0.4) is 0 Å². The number of ether oxygens (including phenoxy) is 1. The van der Waals surface area contributed by atoms with Crippen molar-refractivity contribution in [2.45, 2.75) is 25.9 Å². The number of nitrogens with zero attached hydrogens (tertiary/aromatic N) is 2. The molecule has 20 heavy (non-hydrogen) atoms. The molecule has 1 heterocycles. The van der Waals surface area contributed by atoms with Crippen molar-refractivity contribution in [3.63, 3.8) is 0 Å². The number of aromatic nitrogens is 2. The van der Waals surface area contributed by atoms with E-state index in [4.69, 9.17) is 16.3 Å². The number of methoxy groups -OCH3 is 1. The van der Waals surface area contributed by atoms with E-state index in [-0.39, 0.29) is 12.0 Å². The molecule has 1 unspecified atom stereocenters. The molecule has 1 atom stereocenters. The number of benzene rings is 1. The molecule has 0 aliphatic heterocycles. The van der Waals surface area contributed by atoms with Gasteiger partial charge in [-0.15, -0.1) is 0 Å². The third-order valence-electron chi connectivity index (χ3n) is 2.97. The maximum atomic E-state index is 6.20. The van der Waals surface area contributed by atoms with Crippen LogP contribution in [0.25, 0.3) is 0 Å². The Kier molecular flexibility index (Phi) is 5.13. The molecule has 0 aliphatic rings. The van der Waals surface area contributed by atoms with E-state index in [9.17, 15) is 0 Å². The molecule has 0 amide bonds. The van der Waals surface area contributed by atoms with Crippen molar-refractivity contribution in [3.8, 4) is 0 Å². The molecule has 1 aromatic heterocycles. The SMILES string of the molecule is COC(c1ccccc1)c1nc(Cl)c(Br)c(C(C)C)n1. The second-order valence-electron chi connectivity index (χ2n) is 4.75. The Hall–Kier alpha value is -0.970. The first-order valence-electron chi connectivity index (χ1n) is 6.35. The van der Waals surface area contributed by atoms with E-state index in [1.807, 2.05) is 30.3 Å². The molecular formula is C15H16BrClN2O. The Balaban J connectivity index is 2.51. The topological polar surface area (TPSA) is 35.0 Å². The molecule has 5 heteroatoms. The van der Waals surface area contributed by atoms with Gasteiger partial charge in [0.1, 0.15) is 11.3 Å². The Morgan fingerprint density at radius 1 is 1.15 bits per heavy atom. The number of hydrogen-bond acceptors (Lipinski definition) is 3. The van der Waals surface area contributed by atoms with Gasteiger partial charge in [-0.25, -0.2) is 9.97 Å². The molecule has 0 saturated carbocycles. The van der Waals surface area contributed by atoms with Gasteiger partial charge in [-0.1, -0.05) is 55.8 Å². The highest BCUT2D eigenvalue weighted by Crippen LogP contribution is 2.32. The van der Waals surface area contributed by atoms with Crippen LogP contribution in [0.15, 0.2) is 34.8 Å². The molecule has 3 nitrogen and oxygen atoms in total. The Morgan fingerprint density at radius 2 is 1.80 bits per heavy atom. The van der Waals surface area contributed by atoms with Gasteiger partial charge < -0.3 is 4.74 Å². The van der Waals surface area contributed by atoms with Crippen molar-refractivity contribution < 1.29 is 4.74 Å². The van der Waals surface area contributed by atoms with E-state index in [0.717, 1.165) is 15.7 Å². The monoisotopic (exact) mass is 354 g/mol. The van der Waals surface area contributed by atoms with Crippen LogP contribution in [-0.4, -0.2) is 17.1 Å². The van der Waals surface area contributed by atoms with Crippen molar-refractivity contribution in [2.24, 2.45) is 0 Å². The summed E-state index contributed by atoms with van der Waals surface area (Å²) >= 11 is 9.64. The summed E-state index contributed by atoms with van der Waals surface area (Å²) in [5.74, 6) is 0.826. The van der Waals surface area contributed by atoms with Crippen molar-refractivity contribution >= 4 is 27.5 Å². The first-order valence-corrected chi connectivity index (χ1v) is 7.52. The average Bonchev–Trinajstić information content (AvgIpc) is 2.44. The quantitative estimate of drug-likeness (QED) is 0.742. The molecule has 0 spiro atoms. The normalized spacial score (nSPS) is 12.7. The number of rotatable bonds is 4. The highest BCUT2D eigenvalue weighted by atomic mass is 79.9. The fourth-order valence-electron chi connectivity index (χ4n) is 1.97. The van der Waals surface area contributed by atoms with Gasteiger partial charge in [0.25, 0.3) is 0 Å². The maximum absolute atomic E-state index is 6.20. The summed E-state index contributed by atoms with van der Waals surface area (Å²) in [6.45, 7) is 4.13. The molecule has 0 saturated heterocycles. The van der Waals surface area contributed by atoms with Gasteiger partial charge in [-0.05, 0) is 27.4 Å². The molecule has 2 rings (SSSR count). The second-order valence-corrected chi connectivity index (χ2v) is 5.90. The largest absolute Gasteiger partial charge is 0.369 e. The summed E-state index contributed by atoms with van der Waals surface area (Å²) in [5.41, 5.74) is 1.89. The van der Waals surface area contributed by atoms with E-state index < -0.39 is 0 Å². The average molecular weight is 356 g/mol. The van der Waals surface area contributed by atoms with Crippen molar-refractivity contribution in [3.05, 3.63) is 57.0 Å². The van der Waals surface area contributed by atoms with Crippen LogP contribution in [0.5, 0.6) is 0 Å². The van der Waals surface area contributed by atoms with E-state index in [0.29, 0.717) is 11.0 Å². The molecule has 0 aliphatic carbocycles. The van der Waals surface area contributed by atoms with Crippen LogP contribution in [0.1, 0.15) is 43.0 Å². The molecule has 0 N–H and O–H groups in total. The molecule has 2 aromatic rings. The maximum Gasteiger partial charge on any atom is 0.163 e. The van der Waals surface area contributed by atoms with E-state index in [1.165, 1.54) is 0 Å². The van der Waals surface area contributed by atoms with E-state index in [2.05, 4.69) is 39.7 Å². The lowest BCUT2D eigenvalue weighted by molar-refractivity contribution is 0.128. The van der Waals surface area contributed by atoms with Crippen LogP contribution in [0, 0.1) is 0 Å². The smallest absolute Gasteiger partial charge is 0.163 e. The summed E-state index contributed by atoms with van der Waals surface area (Å²) in [7, 11) is 1.64. The molecule has 106 valence electrons. The minimum Gasteiger partial charge on any atom is -0.369 e. The minimum absolute atomic E-state index is 0.247. The zero-order valence-electron chi connectivity index (χ0n) is 11.6. The van der Waals surface area contributed by atoms with E-state index >= 15 is 0 Å². The van der Waals surface area contributed by atoms with Gasteiger partial charge in [-0.3, -0.25) is 0 Å². The summed E-state index contributed by atoms with van der Waals surface area (Å²) < 4.78 is 6.30. The fraction of sp³-hybridized carbons (Fsp3) is 0.333. The standard InChI is InChI=1S/C15H16BrClN2O/c1-9(2)12-11(16)14(17)19-15(18-12)13(20-3)10-7-5-4-6-8-10/h4-9,13H,1-3H3. The van der Waals surface area contributed by atoms with Gasteiger partial charge in [0.05, 0.1) is 10.2 Å². The van der Waals surface area contributed by atoms with Crippen LogP contribution >= 0.6 is 27.5 Å². The number of halogens is 2. The highest BCUT2D eigenvalue weighted by molar-refractivity contribution is 9.10. The van der Waals surface area contributed by atoms with E-state index in [1.54, 1.807) is 7.11 Å². The van der Waals surface area contributed by atoms with Crippen LogP contribution < -0.4 is 0 Å². The van der Waals surface area contributed by atoms with Crippen molar-refractivity contribution in [2.75, 3.05) is 7.11 Å². The number of hydrogen-bond donors (Lipinski definition) is 0. The Morgan fingerprint density at radius 3 is 2.35 bits per heavy atom. The molecule has 0 fully saturated rings. The van der Waals surface area contributed by atoms with Crippen molar-refractivity contribution in [1.29, 1.82) is 0 Å². The summed E-state index contributed by atoms with van der Waals surface area (Å²) in [5, 5.41) is 0.414.